The van der Waals surface area contributed by atoms with Crippen molar-refractivity contribution in [3.8, 4) is 18.6 Å². The molecule has 1 aromatic carbocycles. The van der Waals surface area contributed by atoms with Gasteiger partial charge < -0.3 is 10.1 Å². The average Bonchev–Trinajstić information content (AvgIpc) is 2.48. The standard InChI is InChI=1S/C14H18N2O2.C2H2/c1-11-6-4-7-13(10-11)18-9-5-8-16-12(2)14(17)15-3;1-2/h4-8,10H,9H2,1-3H3,(H,15,17);1-2H/b8-5-,16-12?;. The van der Waals surface area contributed by atoms with Crippen LogP contribution >= 0.6 is 0 Å². The Labute approximate surface area is 120 Å². The molecule has 0 aliphatic carbocycles. The quantitative estimate of drug-likeness (QED) is 0.660. The molecular weight excluding hydrogens is 252 g/mol. The predicted octanol–water partition coefficient (Wildman–Crippen LogP) is 2.34. The highest BCUT2D eigenvalue weighted by Crippen LogP contribution is 2.11. The van der Waals surface area contributed by atoms with Crippen LogP contribution in [-0.2, 0) is 4.79 Å². The van der Waals surface area contributed by atoms with Crippen LogP contribution in [0.4, 0.5) is 0 Å². The molecule has 0 unspecified atom stereocenters. The Morgan fingerprint density at radius 1 is 1.45 bits per heavy atom. The van der Waals surface area contributed by atoms with E-state index in [1.807, 2.05) is 31.2 Å². The zero-order valence-electron chi connectivity index (χ0n) is 12.1. The van der Waals surface area contributed by atoms with Gasteiger partial charge in [-0.15, -0.1) is 12.8 Å². The summed E-state index contributed by atoms with van der Waals surface area (Å²) in [7, 11) is 1.58. The number of aryl methyl sites for hydroxylation is 1. The molecule has 20 heavy (non-hydrogen) atoms. The number of aliphatic imine (C=N–C) groups is 1. The third-order valence-electron chi connectivity index (χ3n) is 2.27. The topological polar surface area (TPSA) is 50.7 Å². The van der Waals surface area contributed by atoms with Crippen molar-refractivity contribution in [2.45, 2.75) is 13.8 Å². The zero-order valence-corrected chi connectivity index (χ0v) is 12.1. The first kappa shape index (κ1) is 17.5. The highest BCUT2D eigenvalue weighted by molar-refractivity contribution is 6.37. The zero-order chi connectivity index (χ0) is 15.4. The first-order valence-corrected chi connectivity index (χ1v) is 6.08. The number of hydrogen-bond donors (Lipinski definition) is 1. The third-order valence-corrected chi connectivity index (χ3v) is 2.27. The van der Waals surface area contributed by atoms with Crippen LogP contribution in [0.2, 0.25) is 0 Å². The molecule has 0 spiro atoms. The molecule has 1 aromatic rings. The Hall–Kier alpha value is -2.54. The number of hydrogen-bond acceptors (Lipinski definition) is 3. The molecule has 1 N–H and O–H groups in total. The van der Waals surface area contributed by atoms with E-state index in [4.69, 9.17) is 4.74 Å². The summed E-state index contributed by atoms with van der Waals surface area (Å²) in [6.45, 7) is 4.10. The van der Waals surface area contributed by atoms with Crippen LogP contribution in [0, 0.1) is 19.8 Å². The average molecular weight is 272 g/mol. The lowest BCUT2D eigenvalue weighted by molar-refractivity contribution is -0.114. The molecule has 0 aliphatic rings. The van der Waals surface area contributed by atoms with Gasteiger partial charge in [-0.2, -0.15) is 0 Å². The summed E-state index contributed by atoms with van der Waals surface area (Å²) in [6, 6.07) is 7.83. The molecule has 1 amide bonds. The van der Waals surface area contributed by atoms with Crippen molar-refractivity contribution in [3.63, 3.8) is 0 Å². The fourth-order valence-corrected chi connectivity index (χ4v) is 1.30. The minimum atomic E-state index is -0.181. The van der Waals surface area contributed by atoms with E-state index in [-0.39, 0.29) is 5.91 Å². The van der Waals surface area contributed by atoms with E-state index in [1.165, 1.54) is 0 Å². The fourth-order valence-electron chi connectivity index (χ4n) is 1.30. The molecule has 0 bridgehead atoms. The van der Waals surface area contributed by atoms with Crippen molar-refractivity contribution in [2.24, 2.45) is 4.99 Å². The highest BCUT2D eigenvalue weighted by Gasteiger charge is 1.99. The van der Waals surface area contributed by atoms with E-state index in [9.17, 15) is 4.79 Å². The van der Waals surface area contributed by atoms with Crippen molar-refractivity contribution in [3.05, 3.63) is 42.1 Å². The van der Waals surface area contributed by atoms with Crippen molar-refractivity contribution in [1.82, 2.24) is 5.32 Å². The number of nitrogens with zero attached hydrogens (tertiary/aromatic N) is 1. The number of carbonyl (C=O) groups excluding carboxylic acids is 1. The van der Waals surface area contributed by atoms with Crippen molar-refractivity contribution < 1.29 is 9.53 Å². The van der Waals surface area contributed by atoms with Gasteiger partial charge in [0.05, 0.1) is 0 Å². The molecule has 0 saturated heterocycles. The van der Waals surface area contributed by atoms with Gasteiger partial charge in [-0.3, -0.25) is 9.79 Å². The monoisotopic (exact) mass is 272 g/mol. The summed E-state index contributed by atoms with van der Waals surface area (Å²) in [6.07, 6.45) is 11.3. The Kier molecular flexibility index (Phi) is 9.07. The Bertz CT molecular complexity index is 502. The van der Waals surface area contributed by atoms with Gasteiger partial charge in [0.25, 0.3) is 5.91 Å². The lowest BCUT2D eigenvalue weighted by Crippen LogP contribution is -2.24. The molecule has 0 aromatic heterocycles. The van der Waals surface area contributed by atoms with Gasteiger partial charge in [-0.25, -0.2) is 0 Å². The summed E-state index contributed by atoms with van der Waals surface area (Å²) in [5, 5.41) is 2.50. The SMILES string of the molecule is C#C.CNC(=O)C(C)=N/C=C\COc1cccc(C)c1. The molecule has 0 fully saturated rings. The molecule has 1 rings (SSSR count). The van der Waals surface area contributed by atoms with Gasteiger partial charge in [0.2, 0.25) is 0 Å². The number of terminal acetylenes is 1. The van der Waals surface area contributed by atoms with Gasteiger partial charge >= 0.3 is 0 Å². The summed E-state index contributed by atoms with van der Waals surface area (Å²) in [5.41, 5.74) is 1.58. The highest BCUT2D eigenvalue weighted by atomic mass is 16.5. The van der Waals surface area contributed by atoms with Crippen LogP contribution in [-0.4, -0.2) is 25.3 Å². The van der Waals surface area contributed by atoms with E-state index in [0.717, 1.165) is 11.3 Å². The molecular formula is C16H20N2O2. The van der Waals surface area contributed by atoms with Gasteiger partial charge in [-0.05, 0) is 37.6 Å². The first-order chi connectivity index (χ1) is 9.63. The second-order valence-electron chi connectivity index (χ2n) is 3.81. The Morgan fingerprint density at radius 3 is 2.75 bits per heavy atom. The number of rotatable bonds is 5. The minimum absolute atomic E-state index is 0.181. The molecule has 4 nitrogen and oxygen atoms in total. The van der Waals surface area contributed by atoms with Crippen molar-refractivity contribution >= 4 is 11.6 Å². The van der Waals surface area contributed by atoms with E-state index >= 15 is 0 Å². The molecule has 0 aliphatic heterocycles. The molecule has 4 heteroatoms. The van der Waals surface area contributed by atoms with Crippen LogP contribution in [0.15, 0.2) is 41.5 Å². The number of carbonyl (C=O) groups is 1. The van der Waals surface area contributed by atoms with E-state index in [0.29, 0.717) is 12.3 Å². The van der Waals surface area contributed by atoms with Crippen molar-refractivity contribution in [1.29, 1.82) is 0 Å². The van der Waals surface area contributed by atoms with Crippen LogP contribution in [0.5, 0.6) is 5.75 Å². The summed E-state index contributed by atoms with van der Waals surface area (Å²) < 4.78 is 5.50. The number of nitrogens with one attached hydrogen (secondary N) is 1. The largest absolute Gasteiger partial charge is 0.489 e. The predicted molar refractivity (Wildman–Crippen MR) is 82.9 cm³/mol. The van der Waals surface area contributed by atoms with E-state index < -0.39 is 0 Å². The van der Waals surface area contributed by atoms with Crippen LogP contribution < -0.4 is 10.1 Å². The third kappa shape index (κ3) is 7.02. The van der Waals surface area contributed by atoms with Crippen molar-refractivity contribution in [2.75, 3.05) is 13.7 Å². The first-order valence-electron chi connectivity index (χ1n) is 6.08. The second kappa shape index (κ2) is 10.4. The van der Waals surface area contributed by atoms with Gasteiger partial charge in [0.15, 0.2) is 0 Å². The maximum Gasteiger partial charge on any atom is 0.265 e. The molecule has 0 atom stereocenters. The number of amides is 1. The van der Waals surface area contributed by atoms with Crippen LogP contribution in [0.1, 0.15) is 12.5 Å². The fraction of sp³-hybridized carbons (Fsp3) is 0.250. The van der Waals surface area contributed by atoms with Gasteiger partial charge in [-0.1, -0.05) is 12.1 Å². The Morgan fingerprint density at radius 2 is 2.15 bits per heavy atom. The maximum absolute atomic E-state index is 11.1. The minimum Gasteiger partial charge on any atom is -0.489 e. The lowest BCUT2D eigenvalue weighted by Gasteiger charge is -2.03. The molecule has 0 radical (unpaired) electrons. The lowest BCUT2D eigenvalue weighted by atomic mass is 10.2. The van der Waals surface area contributed by atoms with E-state index in [1.54, 1.807) is 26.2 Å². The van der Waals surface area contributed by atoms with Crippen LogP contribution in [0.3, 0.4) is 0 Å². The molecule has 0 heterocycles. The molecule has 106 valence electrons. The van der Waals surface area contributed by atoms with Gasteiger partial charge in [0, 0.05) is 13.2 Å². The second-order valence-corrected chi connectivity index (χ2v) is 3.81. The van der Waals surface area contributed by atoms with E-state index in [2.05, 4.69) is 23.2 Å². The number of benzene rings is 1. The summed E-state index contributed by atoms with van der Waals surface area (Å²) >= 11 is 0. The van der Waals surface area contributed by atoms with Crippen LogP contribution in [0.25, 0.3) is 0 Å². The summed E-state index contributed by atoms with van der Waals surface area (Å²) in [5.74, 6) is 0.644. The normalized spacial score (nSPS) is 10.6. The number of ether oxygens (including phenoxy) is 1. The van der Waals surface area contributed by atoms with Gasteiger partial charge in [0.1, 0.15) is 18.1 Å². The molecule has 0 saturated carbocycles. The Balaban J connectivity index is 0.00000172. The maximum atomic E-state index is 11.1. The smallest absolute Gasteiger partial charge is 0.265 e. The summed E-state index contributed by atoms with van der Waals surface area (Å²) in [4.78, 5) is 15.1.